The lowest BCUT2D eigenvalue weighted by atomic mass is 10.1. The number of hydrogen-bond donors (Lipinski definition) is 1. The number of benzene rings is 2. The van der Waals surface area contributed by atoms with E-state index in [1.165, 1.54) is 11.8 Å². The first kappa shape index (κ1) is 24.6. The molecule has 0 aliphatic rings. The Kier molecular flexibility index (Phi) is 10.0. The van der Waals surface area contributed by atoms with Crippen LogP contribution in [-0.2, 0) is 21.9 Å². The van der Waals surface area contributed by atoms with Crippen LogP contribution in [0.3, 0.4) is 0 Å². The van der Waals surface area contributed by atoms with Gasteiger partial charge < -0.3 is 10.2 Å². The molecule has 0 saturated heterocycles. The minimum absolute atomic E-state index is 0.0618. The molecule has 0 aromatic heterocycles. The monoisotopic (exact) mass is 466 g/mol. The Labute approximate surface area is 193 Å². The van der Waals surface area contributed by atoms with E-state index in [4.69, 9.17) is 23.2 Å². The molecule has 0 radical (unpaired) electrons. The second kappa shape index (κ2) is 12.2. The van der Waals surface area contributed by atoms with E-state index in [1.54, 1.807) is 24.0 Å². The summed E-state index contributed by atoms with van der Waals surface area (Å²) in [6.07, 6.45) is 0.834. The van der Waals surface area contributed by atoms with Gasteiger partial charge in [0, 0.05) is 28.4 Å². The lowest BCUT2D eigenvalue weighted by molar-refractivity contribution is -0.138. The third-order valence-electron chi connectivity index (χ3n) is 4.84. The molecule has 162 valence electrons. The number of carbonyl (C=O) groups is 2. The van der Waals surface area contributed by atoms with Gasteiger partial charge in [0.1, 0.15) is 6.04 Å². The minimum Gasteiger partial charge on any atom is -0.352 e. The molecule has 2 unspecified atom stereocenters. The zero-order valence-corrected chi connectivity index (χ0v) is 19.9. The van der Waals surface area contributed by atoms with Crippen LogP contribution in [0.15, 0.2) is 48.5 Å². The molecule has 0 spiro atoms. The molecular formula is C23H28Cl2N2O2S. The molecule has 0 fully saturated rings. The van der Waals surface area contributed by atoms with Gasteiger partial charge >= 0.3 is 0 Å². The fourth-order valence-corrected chi connectivity index (χ4v) is 3.88. The number of carbonyl (C=O) groups excluding carboxylic acids is 2. The fourth-order valence-electron chi connectivity index (χ4n) is 2.75. The molecule has 0 aliphatic heterocycles. The molecule has 2 aromatic carbocycles. The summed E-state index contributed by atoms with van der Waals surface area (Å²) in [5, 5.41) is 4.30. The summed E-state index contributed by atoms with van der Waals surface area (Å²) >= 11 is 13.4. The number of nitrogens with zero attached hydrogens (tertiary/aromatic N) is 1. The number of thioether (sulfide) groups is 1. The van der Waals surface area contributed by atoms with Crippen molar-refractivity contribution in [1.82, 2.24) is 10.2 Å². The van der Waals surface area contributed by atoms with E-state index in [2.05, 4.69) is 5.32 Å². The second-order valence-electron chi connectivity index (χ2n) is 7.26. The van der Waals surface area contributed by atoms with Crippen LogP contribution in [0.2, 0.25) is 10.0 Å². The summed E-state index contributed by atoms with van der Waals surface area (Å²) in [5.74, 6) is 0.771. The maximum Gasteiger partial charge on any atom is 0.242 e. The van der Waals surface area contributed by atoms with E-state index < -0.39 is 6.04 Å². The molecule has 0 saturated carbocycles. The van der Waals surface area contributed by atoms with Crippen molar-refractivity contribution in [3.8, 4) is 0 Å². The molecule has 30 heavy (non-hydrogen) atoms. The lowest BCUT2D eigenvalue weighted by Crippen LogP contribution is -2.50. The highest BCUT2D eigenvalue weighted by molar-refractivity contribution is 7.99. The molecule has 1 N–H and O–H groups in total. The van der Waals surface area contributed by atoms with E-state index >= 15 is 0 Å². The Morgan fingerprint density at radius 1 is 0.967 bits per heavy atom. The van der Waals surface area contributed by atoms with Crippen molar-refractivity contribution in [2.24, 2.45) is 0 Å². The third-order valence-corrected chi connectivity index (χ3v) is 6.33. The first-order valence-electron chi connectivity index (χ1n) is 9.96. The Morgan fingerprint density at radius 3 is 2.03 bits per heavy atom. The highest BCUT2D eigenvalue weighted by Crippen LogP contribution is 2.18. The van der Waals surface area contributed by atoms with Crippen LogP contribution in [0.25, 0.3) is 0 Å². The highest BCUT2D eigenvalue weighted by atomic mass is 35.5. The normalized spacial score (nSPS) is 12.8. The van der Waals surface area contributed by atoms with Gasteiger partial charge in [0.25, 0.3) is 0 Å². The van der Waals surface area contributed by atoms with Gasteiger partial charge in [-0.1, -0.05) is 54.4 Å². The summed E-state index contributed by atoms with van der Waals surface area (Å²) in [7, 11) is 0. The summed E-state index contributed by atoms with van der Waals surface area (Å²) in [4.78, 5) is 27.4. The van der Waals surface area contributed by atoms with Crippen molar-refractivity contribution in [3.05, 3.63) is 69.7 Å². The molecule has 2 aromatic rings. The molecule has 0 aliphatic carbocycles. The van der Waals surface area contributed by atoms with Crippen LogP contribution in [0.1, 0.15) is 38.3 Å². The Balaban J connectivity index is 2.06. The van der Waals surface area contributed by atoms with Crippen molar-refractivity contribution in [2.75, 3.05) is 5.75 Å². The number of hydrogen-bond acceptors (Lipinski definition) is 3. The van der Waals surface area contributed by atoms with E-state index in [9.17, 15) is 9.59 Å². The molecule has 2 amide bonds. The van der Waals surface area contributed by atoms with Crippen molar-refractivity contribution in [3.63, 3.8) is 0 Å². The van der Waals surface area contributed by atoms with Crippen LogP contribution < -0.4 is 5.32 Å². The SMILES string of the molecule is CCC(C)NC(=O)C(C)N(Cc1ccc(Cl)cc1)C(=O)CSCc1ccc(Cl)cc1. The number of rotatable bonds is 10. The Morgan fingerprint density at radius 2 is 1.50 bits per heavy atom. The number of nitrogens with one attached hydrogen (secondary N) is 1. The molecule has 2 atom stereocenters. The van der Waals surface area contributed by atoms with Gasteiger partial charge in [0.05, 0.1) is 5.75 Å². The lowest BCUT2D eigenvalue weighted by Gasteiger charge is -2.29. The molecule has 4 nitrogen and oxygen atoms in total. The predicted molar refractivity (Wildman–Crippen MR) is 127 cm³/mol. The van der Waals surface area contributed by atoms with E-state index in [1.807, 2.05) is 50.2 Å². The first-order valence-corrected chi connectivity index (χ1v) is 11.9. The van der Waals surface area contributed by atoms with Crippen LogP contribution in [0.4, 0.5) is 0 Å². The minimum atomic E-state index is -0.571. The van der Waals surface area contributed by atoms with Crippen LogP contribution in [-0.4, -0.2) is 34.6 Å². The van der Waals surface area contributed by atoms with Crippen molar-refractivity contribution in [2.45, 2.75) is 51.6 Å². The zero-order valence-electron chi connectivity index (χ0n) is 17.5. The van der Waals surface area contributed by atoms with E-state index in [0.717, 1.165) is 17.5 Å². The summed E-state index contributed by atoms with van der Waals surface area (Å²) in [6.45, 7) is 6.10. The maximum absolute atomic E-state index is 13.0. The molecule has 7 heteroatoms. The first-order chi connectivity index (χ1) is 14.3. The topological polar surface area (TPSA) is 49.4 Å². The van der Waals surface area contributed by atoms with Crippen LogP contribution >= 0.6 is 35.0 Å². The van der Waals surface area contributed by atoms with E-state index in [-0.39, 0.29) is 23.6 Å². The third kappa shape index (κ3) is 7.86. The van der Waals surface area contributed by atoms with Crippen LogP contribution in [0, 0.1) is 0 Å². The van der Waals surface area contributed by atoms with Crippen molar-refractivity contribution < 1.29 is 9.59 Å². The molecule has 0 bridgehead atoms. The molecular weight excluding hydrogens is 439 g/mol. The molecule has 0 heterocycles. The van der Waals surface area contributed by atoms with Gasteiger partial charge in [0.15, 0.2) is 0 Å². The fraction of sp³-hybridized carbons (Fsp3) is 0.391. The molecule has 2 rings (SSSR count). The van der Waals surface area contributed by atoms with E-state index in [0.29, 0.717) is 22.3 Å². The van der Waals surface area contributed by atoms with Gasteiger partial charge in [-0.2, -0.15) is 0 Å². The summed E-state index contributed by atoms with van der Waals surface area (Å²) < 4.78 is 0. The zero-order chi connectivity index (χ0) is 22.1. The van der Waals surface area contributed by atoms with Gasteiger partial charge in [-0.3, -0.25) is 9.59 Å². The Bertz CT molecular complexity index is 828. The second-order valence-corrected chi connectivity index (χ2v) is 9.12. The van der Waals surface area contributed by atoms with Crippen LogP contribution in [0.5, 0.6) is 0 Å². The van der Waals surface area contributed by atoms with Crippen molar-refractivity contribution in [1.29, 1.82) is 0 Å². The average molecular weight is 467 g/mol. The smallest absolute Gasteiger partial charge is 0.242 e. The Hall–Kier alpha value is -1.69. The average Bonchev–Trinajstić information content (AvgIpc) is 2.74. The quantitative estimate of drug-likeness (QED) is 0.498. The van der Waals surface area contributed by atoms with Gasteiger partial charge in [-0.15, -0.1) is 11.8 Å². The standard InChI is InChI=1S/C23H28Cl2N2O2S/c1-4-16(2)26-23(29)17(3)27(13-18-5-9-20(24)10-6-18)22(28)15-30-14-19-7-11-21(25)12-8-19/h5-12,16-17H,4,13-15H2,1-3H3,(H,26,29). The highest BCUT2D eigenvalue weighted by Gasteiger charge is 2.26. The maximum atomic E-state index is 13.0. The van der Waals surface area contributed by atoms with Gasteiger partial charge in [-0.05, 0) is 55.7 Å². The summed E-state index contributed by atoms with van der Waals surface area (Å²) in [5.41, 5.74) is 2.03. The van der Waals surface area contributed by atoms with Crippen molar-refractivity contribution >= 4 is 46.8 Å². The summed E-state index contributed by atoms with van der Waals surface area (Å²) in [6, 6.07) is 14.4. The number of amides is 2. The van der Waals surface area contributed by atoms with Gasteiger partial charge in [0.2, 0.25) is 11.8 Å². The predicted octanol–water partition coefficient (Wildman–Crippen LogP) is 5.56. The number of halogens is 2. The van der Waals surface area contributed by atoms with Gasteiger partial charge in [-0.25, -0.2) is 0 Å². The largest absolute Gasteiger partial charge is 0.352 e.